The topological polar surface area (TPSA) is 0 Å². The molecule has 0 aromatic carbocycles. The Bertz CT molecular complexity index is 163. The van der Waals surface area contributed by atoms with E-state index in [2.05, 4.69) is 27.7 Å². The lowest BCUT2D eigenvalue weighted by atomic mass is 9.88. The first-order chi connectivity index (χ1) is 5.13. The van der Waals surface area contributed by atoms with Crippen LogP contribution in [0.25, 0.3) is 0 Å². The fourth-order valence-electron chi connectivity index (χ4n) is 1.94. The maximum Gasteiger partial charge on any atom is -0.0206 e. The van der Waals surface area contributed by atoms with Crippen molar-refractivity contribution in [2.24, 2.45) is 11.8 Å². The number of hydrogen-bond acceptors (Lipinski definition) is 0. The van der Waals surface area contributed by atoms with Crippen LogP contribution >= 0.6 is 0 Å². The molecule has 0 heteroatoms. The fourth-order valence-corrected chi connectivity index (χ4v) is 1.94. The molecule has 1 unspecified atom stereocenters. The van der Waals surface area contributed by atoms with Gasteiger partial charge >= 0.3 is 0 Å². The zero-order valence-electron chi connectivity index (χ0n) is 8.28. The molecule has 0 heterocycles. The molecule has 1 rings (SSSR count). The lowest BCUT2D eigenvalue weighted by Gasteiger charge is -2.18. The molecule has 0 fully saturated rings. The summed E-state index contributed by atoms with van der Waals surface area (Å²) in [5.41, 5.74) is 3.42. The predicted octanol–water partition coefficient (Wildman–Crippen LogP) is 3.78. The Morgan fingerprint density at radius 3 is 2.09 bits per heavy atom. The largest absolute Gasteiger partial charge is 0.0738 e. The summed E-state index contributed by atoms with van der Waals surface area (Å²) >= 11 is 0. The van der Waals surface area contributed by atoms with E-state index in [4.69, 9.17) is 0 Å². The predicted molar refractivity (Wildman–Crippen MR) is 50.6 cm³/mol. The van der Waals surface area contributed by atoms with Crippen molar-refractivity contribution in [1.29, 1.82) is 0 Å². The van der Waals surface area contributed by atoms with Gasteiger partial charge in [-0.15, -0.1) is 0 Å². The Hall–Kier alpha value is -0.260. The van der Waals surface area contributed by atoms with Crippen LogP contribution < -0.4 is 0 Å². The molecule has 1 atom stereocenters. The lowest BCUT2D eigenvalue weighted by molar-refractivity contribution is 0.469. The van der Waals surface area contributed by atoms with Gasteiger partial charge in [0.05, 0.1) is 0 Å². The third-order valence-electron chi connectivity index (χ3n) is 3.10. The van der Waals surface area contributed by atoms with Crippen LogP contribution in [-0.2, 0) is 0 Å². The van der Waals surface area contributed by atoms with Gasteiger partial charge in [-0.25, -0.2) is 0 Å². The third-order valence-corrected chi connectivity index (χ3v) is 3.10. The second-order valence-corrected chi connectivity index (χ2v) is 4.19. The zero-order chi connectivity index (χ0) is 8.43. The molecule has 64 valence electrons. The molecule has 0 spiro atoms. The lowest BCUT2D eigenvalue weighted by Crippen LogP contribution is -2.06. The van der Waals surface area contributed by atoms with Crippen LogP contribution in [-0.4, -0.2) is 0 Å². The highest BCUT2D eigenvalue weighted by Gasteiger charge is 2.18. The van der Waals surface area contributed by atoms with Crippen molar-refractivity contribution in [3.8, 4) is 0 Å². The second kappa shape index (κ2) is 3.42. The Kier molecular flexibility index (Phi) is 2.75. The van der Waals surface area contributed by atoms with Crippen LogP contribution in [0.3, 0.4) is 0 Å². The van der Waals surface area contributed by atoms with E-state index in [-0.39, 0.29) is 0 Å². The van der Waals surface area contributed by atoms with Gasteiger partial charge in [0.2, 0.25) is 0 Å². The van der Waals surface area contributed by atoms with Crippen molar-refractivity contribution in [2.45, 2.75) is 47.0 Å². The summed E-state index contributed by atoms with van der Waals surface area (Å²) in [6.07, 6.45) is 4.12. The van der Waals surface area contributed by atoms with Crippen LogP contribution in [0.4, 0.5) is 0 Å². The van der Waals surface area contributed by atoms with E-state index in [1.807, 2.05) is 0 Å². The molecule has 0 aromatic rings. The molecule has 1 aliphatic rings. The van der Waals surface area contributed by atoms with Crippen LogP contribution in [0.2, 0.25) is 0 Å². The highest BCUT2D eigenvalue weighted by Crippen LogP contribution is 2.34. The van der Waals surface area contributed by atoms with Gasteiger partial charge in [0.1, 0.15) is 0 Å². The summed E-state index contributed by atoms with van der Waals surface area (Å²) in [5, 5.41) is 0. The zero-order valence-corrected chi connectivity index (χ0v) is 8.28. The molecule has 0 amide bonds. The van der Waals surface area contributed by atoms with E-state index in [1.165, 1.54) is 19.3 Å². The first-order valence-corrected chi connectivity index (χ1v) is 4.81. The molecule has 11 heavy (non-hydrogen) atoms. The van der Waals surface area contributed by atoms with Gasteiger partial charge in [-0.2, -0.15) is 0 Å². The van der Waals surface area contributed by atoms with Crippen molar-refractivity contribution >= 4 is 0 Å². The van der Waals surface area contributed by atoms with Gasteiger partial charge in [-0.1, -0.05) is 31.9 Å². The van der Waals surface area contributed by atoms with Gasteiger partial charge in [0.15, 0.2) is 0 Å². The van der Waals surface area contributed by atoms with E-state index in [9.17, 15) is 0 Å². The van der Waals surface area contributed by atoms with Crippen LogP contribution in [0.1, 0.15) is 47.0 Å². The van der Waals surface area contributed by atoms with E-state index in [0.29, 0.717) is 0 Å². The Morgan fingerprint density at radius 2 is 1.73 bits per heavy atom. The van der Waals surface area contributed by atoms with Crippen LogP contribution in [0.15, 0.2) is 11.1 Å². The van der Waals surface area contributed by atoms with E-state index < -0.39 is 0 Å². The molecule has 0 bridgehead atoms. The summed E-state index contributed by atoms with van der Waals surface area (Å²) in [5.74, 6) is 1.63. The smallest absolute Gasteiger partial charge is 0.0206 e. The molecule has 1 aliphatic carbocycles. The van der Waals surface area contributed by atoms with Crippen molar-refractivity contribution < 1.29 is 0 Å². The Balaban J connectivity index is 2.66. The number of rotatable bonds is 2. The third kappa shape index (κ3) is 1.85. The highest BCUT2D eigenvalue weighted by atomic mass is 14.2. The van der Waals surface area contributed by atoms with Crippen molar-refractivity contribution in [3.63, 3.8) is 0 Å². The summed E-state index contributed by atoms with van der Waals surface area (Å²) in [6, 6.07) is 0. The van der Waals surface area contributed by atoms with Gasteiger partial charge in [0.25, 0.3) is 0 Å². The van der Waals surface area contributed by atoms with Crippen molar-refractivity contribution in [1.82, 2.24) is 0 Å². The average Bonchev–Trinajstić information content (AvgIpc) is 2.33. The fraction of sp³-hybridized carbons (Fsp3) is 0.818. The van der Waals surface area contributed by atoms with Gasteiger partial charge in [0, 0.05) is 0 Å². The van der Waals surface area contributed by atoms with Crippen molar-refractivity contribution in [3.05, 3.63) is 11.1 Å². The summed E-state index contributed by atoms with van der Waals surface area (Å²) in [4.78, 5) is 0. The Labute approximate surface area is 70.7 Å². The molecule has 0 aliphatic heterocycles. The van der Waals surface area contributed by atoms with Gasteiger partial charge < -0.3 is 0 Å². The van der Waals surface area contributed by atoms with Crippen molar-refractivity contribution in [2.75, 3.05) is 0 Å². The average molecular weight is 152 g/mol. The summed E-state index contributed by atoms with van der Waals surface area (Å²) < 4.78 is 0. The van der Waals surface area contributed by atoms with Gasteiger partial charge in [-0.05, 0) is 38.0 Å². The van der Waals surface area contributed by atoms with Crippen LogP contribution in [0, 0.1) is 11.8 Å². The molecule has 0 nitrogen and oxygen atoms in total. The molecule has 0 N–H and O–H groups in total. The van der Waals surface area contributed by atoms with Gasteiger partial charge in [-0.3, -0.25) is 0 Å². The van der Waals surface area contributed by atoms with E-state index in [1.54, 1.807) is 11.1 Å². The monoisotopic (exact) mass is 152 g/mol. The maximum absolute atomic E-state index is 2.37. The molecular weight excluding hydrogens is 132 g/mol. The number of hydrogen-bond donors (Lipinski definition) is 0. The first kappa shape index (κ1) is 8.83. The minimum atomic E-state index is 0.817. The summed E-state index contributed by atoms with van der Waals surface area (Å²) in [6.45, 7) is 9.32. The second-order valence-electron chi connectivity index (χ2n) is 4.19. The van der Waals surface area contributed by atoms with E-state index >= 15 is 0 Å². The quantitative estimate of drug-likeness (QED) is 0.528. The van der Waals surface area contributed by atoms with E-state index in [0.717, 1.165) is 11.8 Å². The highest BCUT2D eigenvalue weighted by molar-refractivity contribution is 5.19. The first-order valence-electron chi connectivity index (χ1n) is 4.81. The minimum Gasteiger partial charge on any atom is -0.0738 e. The number of allylic oxidation sites excluding steroid dienone is 2. The minimum absolute atomic E-state index is 0.817. The SMILES string of the molecule is CC1=C(C(C)C(C)C)CCC1. The maximum atomic E-state index is 2.37. The molecular formula is C11H20. The molecule has 0 radical (unpaired) electrons. The standard InChI is InChI=1S/C11H20/c1-8(2)10(4)11-7-5-6-9(11)3/h8,10H,5-7H2,1-4H3. The normalized spacial score (nSPS) is 21.5. The molecule has 0 aromatic heterocycles. The van der Waals surface area contributed by atoms with Crippen LogP contribution in [0.5, 0.6) is 0 Å². The summed E-state index contributed by atoms with van der Waals surface area (Å²) in [7, 11) is 0. The molecule has 0 saturated carbocycles. The Morgan fingerprint density at radius 1 is 1.09 bits per heavy atom. The molecule has 0 saturated heterocycles.